The second kappa shape index (κ2) is 8.90. The molecule has 1 amide bonds. The predicted octanol–water partition coefficient (Wildman–Crippen LogP) is 1.48. The van der Waals surface area contributed by atoms with E-state index in [1.54, 1.807) is 13.8 Å². The largest absolute Gasteiger partial charge is 0.483 e. The number of benzene rings is 1. The first-order valence-electron chi connectivity index (χ1n) is 8.54. The fourth-order valence-electron chi connectivity index (χ4n) is 2.89. The maximum atomic E-state index is 13.1. The van der Waals surface area contributed by atoms with Gasteiger partial charge < -0.3 is 15.2 Å². The van der Waals surface area contributed by atoms with Gasteiger partial charge in [0.2, 0.25) is 10.0 Å². The number of carbonyl (C=O) groups is 2. The molecule has 0 spiro atoms. The lowest BCUT2D eigenvalue weighted by molar-refractivity contribution is -0.149. The molecule has 0 aromatic heterocycles. The zero-order valence-corrected chi connectivity index (χ0v) is 16.8. The Morgan fingerprint density at radius 1 is 1.37 bits per heavy atom. The number of nitrogens with two attached hydrogens (primary N) is 1. The van der Waals surface area contributed by atoms with Gasteiger partial charge in [-0.25, -0.2) is 8.42 Å². The fourth-order valence-corrected chi connectivity index (χ4v) is 4.98. The van der Waals surface area contributed by atoms with Crippen molar-refractivity contribution in [3.05, 3.63) is 22.7 Å². The van der Waals surface area contributed by atoms with Gasteiger partial charge in [-0.05, 0) is 38.3 Å². The molecule has 1 fully saturated rings. The van der Waals surface area contributed by atoms with Crippen LogP contribution in [0.5, 0.6) is 5.75 Å². The van der Waals surface area contributed by atoms with Gasteiger partial charge in [-0.2, -0.15) is 4.31 Å². The second-order valence-electron chi connectivity index (χ2n) is 6.26. The smallest absolute Gasteiger partial charge is 0.310 e. The van der Waals surface area contributed by atoms with Crippen LogP contribution in [0.25, 0.3) is 0 Å². The van der Waals surface area contributed by atoms with Crippen LogP contribution < -0.4 is 10.5 Å². The van der Waals surface area contributed by atoms with Crippen molar-refractivity contribution in [1.82, 2.24) is 4.31 Å². The summed E-state index contributed by atoms with van der Waals surface area (Å²) in [6.07, 6.45) is 1.11. The highest BCUT2D eigenvalue weighted by atomic mass is 35.5. The van der Waals surface area contributed by atoms with E-state index in [2.05, 4.69) is 0 Å². The number of halogens is 1. The number of aryl methyl sites for hydroxylation is 1. The van der Waals surface area contributed by atoms with Crippen molar-refractivity contribution in [2.24, 2.45) is 11.7 Å². The highest BCUT2D eigenvalue weighted by molar-refractivity contribution is 7.89. The normalized spacial score (nSPS) is 18.1. The number of esters is 1. The topological polar surface area (TPSA) is 116 Å². The number of carbonyl (C=O) groups excluding carboxylic acids is 2. The van der Waals surface area contributed by atoms with Crippen LogP contribution in [0.15, 0.2) is 17.0 Å². The summed E-state index contributed by atoms with van der Waals surface area (Å²) in [7, 11) is -3.95. The van der Waals surface area contributed by atoms with E-state index < -0.39 is 27.8 Å². The molecule has 150 valence electrons. The molecule has 1 aliphatic rings. The van der Waals surface area contributed by atoms with Gasteiger partial charge in [0.25, 0.3) is 5.91 Å². The third kappa shape index (κ3) is 5.12. The Balaban J connectivity index is 2.30. The minimum atomic E-state index is -3.95. The molecule has 1 aromatic rings. The summed E-state index contributed by atoms with van der Waals surface area (Å²) in [5.74, 6) is -1.39. The Hall–Kier alpha value is -1.84. The van der Waals surface area contributed by atoms with Crippen LogP contribution in [0.1, 0.15) is 25.3 Å². The number of sulfonamides is 1. The molecule has 0 unspecified atom stereocenters. The molecule has 0 saturated carbocycles. The van der Waals surface area contributed by atoms with E-state index in [0.717, 1.165) is 0 Å². The van der Waals surface area contributed by atoms with Gasteiger partial charge in [0.15, 0.2) is 6.61 Å². The standard InChI is InChI=1S/C17H23ClN2O6S/c1-3-25-17(22)12-5-4-6-20(9-12)27(23,24)15-8-14(26-10-16(19)21)11(2)7-13(15)18/h7-8,12H,3-6,9-10H2,1-2H3,(H2,19,21)/t12-/m0/s1. The molecule has 1 saturated heterocycles. The number of primary amides is 1. The Labute approximate surface area is 163 Å². The molecule has 10 heteroatoms. The highest BCUT2D eigenvalue weighted by Crippen LogP contribution is 2.33. The number of hydrogen-bond acceptors (Lipinski definition) is 6. The molecule has 8 nitrogen and oxygen atoms in total. The highest BCUT2D eigenvalue weighted by Gasteiger charge is 2.35. The molecular weight excluding hydrogens is 396 g/mol. The molecule has 1 atom stereocenters. The van der Waals surface area contributed by atoms with E-state index in [1.165, 1.54) is 16.4 Å². The quantitative estimate of drug-likeness (QED) is 0.670. The first-order valence-corrected chi connectivity index (χ1v) is 10.4. The molecular formula is C17H23ClN2O6S. The molecule has 1 aliphatic heterocycles. The summed E-state index contributed by atoms with van der Waals surface area (Å²) in [6, 6.07) is 2.74. The third-order valence-electron chi connectivity index (χ3n) is 4.22. The van der Waals surface area contributed by atoms with Crippen LogP contribution in [-0.2, 0) is 24.3 Å². The summed E-state index contributed by atoms with van der Waals surface area (Å²) in [5.41, 5.74) is 5.64. The summed E-state index contributed by atoms with van der Waals surface area (Å²) in [6.45, 7) is 3.55. The summed E-state index contributed by atoms with van der Waals surface area (Å²) >= 11 is 6.17. The van der Waals surface area contributed by atoms with Crippen molar-refractivity contribution in [2.75, 3.05) is 26.3 Å². The van der Waals surface area contributed by atoms with E-state index in [9.17, 15) is 18.0 Å². The number of nitrogens with zero attached hydrogens (tertiary/aromatic N) is 1. The fraction of sp³-hybridized carbons (Fsp3) is 0.529. The van der Waals surface area contributed by atoms with Gasteiger partial charge in [0, 0.05) is 19.2 Å². The van der Waals surface area contributed by atoms with Crippen molar-refractivity contribution in [3.8, 4) is 5.75 Å². The van der Waals surface area contributed by atoms with Crippen LogP contribution in [0.4, 0.5) is 0 Å². The lowest BCUT2D eigenvalue weighted by atomic mass is 10.0. The van der Waals surface area contributed by atoms with Crippen LogP contribution in [0, 0.1) is 12.8 Å². The molecule has 0 bridgehead atoms. The summed E-state index contributed by atoms with van der Waals surface area (Å²) in [4.78, 5) is 22.8. The minimum absolute atomic E-state index is 0.0306. The number of hydrogen-bond donors (Lipinski definition) is 1. The summed E-state index contributed by atoms with van der Waals surface area (Å²) in [5, 5.41) is 0.0391. The van der Waals surface area contributed by atoms with Crippen LogP contribution in [0.3, 0.4) is 0 Å². The first-order chi connectivity index (χ1) is 12.7. The minimum Gasteiger partial charge on any atom is -0.483 e. The molecule has 1 heterocycles. The van der Waals surface area contributed by atoms with E-state index in [4.69, 9.17) is 26.8 Å². The van der Waals surface area contributed by atoms with Gasteiger partial charge in [0.1, 0.15) is 10.6 Å². The van der Waals surface area contributed by atoms with Gasteiger partial charge in [-0.3, -0.25) is 9.59 Å². The first kappa shape index (κ1) is 21.5. The second-order valence-corrected chi connectivity index (χ2v) is 8.57. The lowest BCUT2D eigenvalue weighted by Gasteiger charge is -2.31. The Morgan fingerprint density at radius 3 is 2.70 bits per heavy atom. The van der Waals surface area contributed by atoms with Gasteiger partial charge in [-0.15, -0.1) is 0 Å². The van der Waals surface area contributed by atoms with Gasteiger partial charge in [0.05, 0.1) is 17.5 Å². The van der Waals surface area contributed by atoms with E-state index in [0.29, 0.717) is 18.4 Å². The Kier molecular flexibility index (Phi) is 7.07. The number of ether oxygens (including phenoxy) is 2. The number of piperidine rings is 1. The average Bonchev–Trinajstić information content (AvgIpc) is 2.61. The summed E-state index contributed by atoms with van der Waals surface area (Å²) < 4.78 is 37.7. The van der Waals surface area contributed by atoms with Crippen molar-refractivity contribution < 1.29 is 27.5 Å². The van der Waals surface area contributed by atoms with Crippen molar-refractivity contribution in [1.29, 1.82) is 0 Å². The zero-order chi connectivity index (χ0) is 20.2. The van der Waals surface area contributed by atoms with Crippen molar-refractivity contribution in [3.63, 3.8) is 0 Å². The molecule has 0 radical (unpaired) electrons. The average molecular weight is 419 g/mol. The molecule has 27 heavy (non-hydrogen) atoms. The number of amides is 1. The van der Waals surface area contributed by atoms with Gasteiger partial charge >= 0.3 is 5.97 Å². The van der Waals surface area contributed by atoms with Crippen LogP contribution in [0.2, 0.25) is 5.02 Å². The van der Waals surface area contributed by atoms with Crippen LogP contribution >= 0.6 is 11.6 Å². The molecule has 2 N–H and O–H groups in total. The van der Waals surface area contributed by atoms with E-state index in [1.807, 2.05) is 0 Å². The zero-order valence-electron chi connectivity index (χ0n) is 15.2. The predicted molar refractivity (Wildman–Crippen MR) is 99.0 cm³/mol. The van der Waals surface area contributed by atoms with E-state index >= 15 is 0 Å². The van der Waals surface area contributed by atoms with Crippen molar-refractivity contribution in [2.45, 2.75) is 31.6 Å². The maximum Gasteiger partial charge on any atom is 0.310 e. The van der Waals surface area contributed by atoms with Crippen molar-refractivity contribution >= 4 is 33.5 Å². The molecule has 2 rings (SSSR count). The number of rotatable bonds is 7. The lowest BCUT2D eigenvalue weighted by Crippen LogP contribution is -2.42. The Morgan fingerprint density at radius 2 is 2.07 bits per heavy atom. The molecule has 1 aromatic carbocycles. The van der Waals surface area contributed by atoms with Gasteiger partial charge in [-0.1, -0.05) is 11.6 Å². The van der Waals surface area contributed by atoms with E-state index in [-0.39, 0.29) is 42.0 Å². The molecule has 0 aliphatic carbocycles. The third-order valence-corrected chi connectivity index (χ3v) is 6.55. The maximum absolute atomic E-state index is 13.1. The Bertz CT molecular complexity index is 827. The monoisotopic (exact) mass is 418 g/mol. The van der Waals surface area contributed by atoms with Crippen LogP contribution in [-0.4, -0.2) is 50.9 Å². The SMILES string of the molecule is CCOC(=O)[C@H]1CCCN(S(=O)(=O)c2cc(OCC(N)=O)c(C)cc2Cl)C1.